The molecule has 2 rings (SSSR count). The predicted octanol–water partition coefficient (Wildman–Crippen LogP) is 1.42. The Morgan fingerprint density at radius 2 is 2.25 bits per heavy atom. The van der Waals surface area contributed by atoms with Crippen LogP contribution in [0.1, 0.15) is 36.7 Å². The van der Waals surface area contributed by atoms with Crippen molar-refractivity contribution in [2.45, 2.75) is 33.7 Å². The van der Waals surface area contributed by atoms with Crippen LogP contribution in [0.3, 0.4) is 0 Å². The molecular formula is C11H17N3O2. The van der Waals surface area contributed by atoms with Crippen molar-refractivity contribution in [1.82, 2.24) is 14.8 Å². The van der Waals surface area contributed by atoms with E-state index in [1.165, 1.54) is 6.42 Å². The second kappa shape index (κ2) is 4.23. The summed E-state index contributed by atoms with van der Waals surface area (Å²) >= 11 is 0. The molecule has 16 heavy (non-hydrogen) atoms. The zero-order valence-corrected chi connectivity index (χ0v) is 9.93. The molecule has 1 aliphatic rings. The van der Waals surface area contributed by atoms with Crippen molar-refractivity contribution in [3.05, 3.63) is 11.6 Å². The molecular weight excluding hydrogens is 206 g/mol. The first-order chi connectivity index (χ1) is 7.63. The third-order valence-electron chi connectivity index (χ3n) is 3.09. The Labute approximate surface area is 94.8 Å². The number of carbonyl (C=O) groups is 1. The number of hydrogen-bond donors (Lipinski definition) is 0. The standard InChI is InChI=1S/C11H17N3O2/c1-4-16-11(15)10-13-12-8(3)14(10)6-9-5-7(9)2/h7,9H,4-6H2,1-3H3. The highest BCUT2D eigenvalue weighted by Crippen LogP contribution is 2.39. The Bertz CT molecular complexity index is 400. The van der Waals surface area contributed by atoms with Crippen LogP contribution in [0.2, 0.25) is 0 Å². The van der Waals surface area contributed by atoms with Crippen molar-refractivity contribution in [3.63, 3.8) is 0 Å². The molecule has 0 radical (unpaired) electrons. The van der Waals surface area contributed by atoms with Gasteiger partial charge in [-0.15, -0.1) is 10.2 Å². The minimum absolute atomic E-state index is 0.332. The molecule has 1 aliphatic carbocycles. The Balaban J connectivity index is 2.15. The third-order valence-corrected chi connectivity index (χ3v) is 3.09. The average molecular weight is 223 g/mol. The number of aryl methyl sites for hydroxylation is 1. The van der Waals surface area contributed by atoms with Crippen LogP contribution < -0.4 is 0 Å². The van der Waals surface area contributed by atoms with Crippen LogP contribution in [0.5, 0.6) is 0 Å². The number of ether oxygens (including phenoxy) is 1. The van der Waals surface area contributed by atoms with Crippen molar-refractivity contribution in [3.8, 4) is 0 Å². The Morgan fingerprint density at radius 3 is 2.81 bits per heavy atom. The van der Waals surface area contributed by atoms with Gasteiger partial charge in [-0.05, 0) is 32.1 Å². The van der Waals surface area contributed by atoms with Gasteiger partial charge in [-0.2, -0.15) is 0 Å². The number of carbonyl (C=O) groups excluding carboxylic acids is 1. The quantitative estimate of drug-likeness (QED) is 0.724. The molecule has 2 unspecified atom stereocenters. The summed E-state index contributed by atoms with van der Waals surface area (Å²) in [5, 5.41) is 7.82. The highest BCUT2D eigenvalue weighted by Gasteiger charge is 2.34. The third kappa shape index (κ3) is 2.08. The lowest BCUT2D eigenvalue weighted by Gasteiger charge is -2.06. The van der Waals surface area contributed by atoms with Crippen molar-refractivity contribution < 1.29 is 9.53 Å². The van der Waals surface area contributed by atoms with Gasteiger partial charge in [0.25, 0.3) is 0 Å². The summed E-state index contributed by atoms with van der Waals surface area (Å²) < 4.78 is 6.82. The first kappa shape index (κ1) is 11.1. The zero-order valence-electron chi connectivity index (χ0n) is 9.93. The van der Waals surface area contributed by atoms with Crippen LogP contribution in [0.15, 0.2) is 0 Å². The highest BCUT2D eigenvalue weighted by atomic mass is 16.5. The lowest BCUT2D eigenvalue weighted by Crippen LogP contribution is -2.15. The molecule has 2 atom stereocenters. The summed E-state index contributed by atoms with van der Waals surface area (Å²) in [6, 6.07) is 0. The van der Waals surface area contributed by atoms with Crippen LogP contribution in [-0.2, 0) is 11.3 Å². The van der Waals surface area contributed by atoms with E-state index < -0.39 is 0 Å². The summed E-state index contributed by atoms with van der Waals surface area (Å²) in [5.74, 6) is 2.14. The molecule has 1 aromatic rings. The number of esters is 1. The minimum atomic E-state index is -0.378. The summed E-state index contributed by atoms with van der Waals surface area (Å²) in [6.07, 6.45) is 1.22. The highest BCUT2D eigenvalue weighted by molar-refractivity contribution is 5.85. The van der Waals surface area contributed by atoms with E-state index in [-0.39, 0.29) is 5.97 Å². The van der Waals surface area contributed by atoms with E-state index in [2.05, 4.69) is 17.1 Å². The molecule has 1 fully saturated rings. The topological polar surface area (TPSA) is 57.0 Å². The fourth-order valence-electron chi connectivity index (χ4n) is 1.83. The normalized spacial score (nSPS) is 23.2. The molecule has 5 nitrogen and oxygen atoms in total. The van der Waals surface area contributed by atoms with Gasteiger partial charge in [0.2, 0.25) is 5.82 Å². The second-order valence-electron chi connectivity index (χ2n) is 4.37. The maximum atomic E-state index is 11.6. The van der Waals surface area contributed by atoms with Crippen molar-refractivity contribution in [2.75, 3.05) is 6.61 Å². The van der Waals surface area contributed by atoms with Crippen LogP contribution in [0, 0.1) is 18.8 Å². The molecule has 1 saturated carbocycles. The molecule has 1 aromatic heterocycles. The molecule has 0 aliphatic heterocycles. The van der Waals surface area contributed by atoms with Gasteiger partial charge in [0.05, 0.1) is 6.61 Å². The lowest BCUT2D eigenvalue weighted by atomic mass is 10.3. The van der Waals surface area contributed by atoms with E-state index >= 15 is 0 Å². The molecule has 0 spiro atoms. The predicted molar refractivity (Wildman–Crippen MR) is 58.0 cm³/mol. The molecule has 0 saturated heterocycles. The van der Waals surface area contributed by atoms with Gasteiger partial charge >= 0.3 is 5.97 Å². The fourth-order valence-corrected chi connectivity index (χ4v) is 1.83. The van der Waals surface area contributed by atoms with Crippen molar-refractivity contribution in [2.24, 2.45) is 11.8 Å². The van der Waals surface area contributed by atoms with E-state index in [0.717, 1.165) is 18.3 Å². The summed E-state index contributed by atoms with van der Waals surface area (Å²) in [6.45, 7) is 7.06. The van der Waals surface area contributed by atoms with E-state index in [9.17, 15) is 4.79 Å². The van der Waals surface area contributed by atoms with Gasteiger partial charge in [0.15, 0.2) is 0 Å². The smallest absolute Gasteiger partial charge is 0.376 e. The molecule has 0 N–H and O–H groups in total. The fraction of sp³-hybridized carbons (Fsp3) is 0.727. The maximum Gasteiger partial charge on any atom is 0.376 e. The first-order valence-electron chi connectivity index (χ1n) is 5.70. The van der Waals surface area contributed by atoms with E-state index in [1.54, 1.807) is 6.92 Å². The van der Waals surface area contributed by atoms with Gasteiger partial charge in [-0.1, -0.05) is 6.92 Å². The minimum Gasteiger partial charge on any atom is -0.460 e. The molecule has 5 heteroatoms. The largest absolute Gasteiger partial charge is 0.460 e. The van der Waals surface area contributed by atoms with Crippen molar-refractivity contribution in [1.29, 1.82) is 0 Å². The lowest BCUT2D eigenvalue weighted by molar-refractivity contribution is 0.0505. The van der Waals surface area contributed by atoms with Gasteiger partial charge < -0.3 is 9.30 Å². The Morgan fingerprint density at radius 1 is 1.56 bits per heavy atom. The Kier molecular flexibility index (Phi) is 2.94. The second-order valence-corrected chi connectivity index (χ2v) is 4.37. The van der Waals surface area contributed by atoms with E-state index in [0.29, 0.717) is 18.3 Å². The zero-order chi connectivity index (χ0) is 11.7. The van der Waals surface area contributed by atoms with Crippen molar-refractivity contribution >= 4 is 5.97 Å². The molecule has 1 heterocycles. The monoisotopic (exact) mass is 223 g/mol. The molecule has 0 aromatic carbocycles. The van der Waals surface area contributed by atoms with Gasteiger partial charge in [-0.25, -0.2) is 4.79 Å². The Hall–Kier alpha value is -1.39. The average Bonchev–Trinajstić information content (AvgIpc) is 2.80. The van der Waals surface area contributed by atoms with Gasteiger partial charge in [0.1, 0.15) is 5.82 Å². The van der Waals surface area contributed by atoms with Crippen LogP contribution in [0.4, 0.5) is 0 Å². The number of rotatable bonds is 4. The van der Waals surface area contributed by atoms with Gasteiger partial charge in [0, 0.05) is 6.54 Å². The van der Waals surface area contributed by atoms with Gasteiger partial charge in [-0.3, -0.25) is 0 Å². The SMILES string of the molecule is CCOC(=O)c1nnc(C)n1CC1CC1C. The van der Waals surface area contributed by atoms with E-state index in [4.69, 9.17) is 4.74 Å². The summed E-state index contributed by atoms with van der Waals surface area (Å²) in [7, 11) is 0. The molecule has 0 bridgehead atoms. The maximum absolute atomic E-state index is 11.6. The first-order valence-corrected chi connectivity index (χ1v) is 5.70. The van der Waals surface area contributed by atoms with Crippen LogP contribution >= 0.6 is 0 Å². The van der Waals surface area contributed by atoms with E-state index in [1.807, 2.05) is 11.5 Å². The van der Waals surface area contributed by atoms with Crippen LogP contribution in [-0.4, -0.2) is 27.3 Å². The van der Waals surface area contributed by atoms with Crippen LogP contribution in [0.25, 0.3) is 0 Å². The molecule has 88 valence electrons. The number of hydrogen-bond acceptors (Lipinski definition) is 4. The number of aromatic nitrogens is 3. The summed E-state index contributed by atoms with van der Waals surface area (Å²) in [4.78, 5) is 11.6. The number of nitrogens with zero attached hydrogens (tertiary/aromatic N) is 3. The molecule has 0 amide bonds. The summed E-state index contributed by atoms with van der Waals surface area (Å²) in [5.41, 5.74) is 0.